The molecule has 1 atom stereocenters. The number of hydrogen-bond donors (Lipinski definition) is 2. The van der Waals surface area contributed by atoms with E-state index in [2.05, 4.69) is 15.7 Å². The number of nitrogens with zero attached hydrogens (tertiary/aromatic N) is 2. The first-order valence-corrected chi connectivity index (χ1v) is 9.35. The summed E-state index contributed by atoms with van der Waals surface area (Å²) in [6.07, 6.45) is 2.54. The Bertz CT molecular complexity index is 747. The first-order chi connectivity index (χ1) is 11.4. The lowest BCUT2D eigenvalue weighted by Crippen LogP contribution is -2.46. The summed E-state index contributed by atoms with van der Waals surface area (Å²) in [6.45, 7) is 1.67. The highest BCUT2D eigenvalue weighted by atomic mass is 35.5. The number of fused-ring (bicyclic) bond motifs is 1. The van der Waals surface area contributed by atoms with Gasteiger partial charge in [0.05, 0.1) is 22.8 Å². The van der Waals surface area contributed by atoms with Gasteiger partial charge in [-0.05, 0) is 30.6 Å². The number of rotatable bonds is 7. The zero-order valence-corrected chi connectivity index (χ0v) is 15.5. The number of nitrogens with one attached hydrogen (secondary N) is 2. The molecule has 0 radical (unpaired) electrons. The lowest BCUT2D eigenvalue weighted by atomic mass is 10.2. The van der Waals surface area contributed by atoms with Crippen molar-refractivity contribution in [1.82, 2.24) is 20.4 Å². The Kier molecular flexibility index (Phi) is 6.51. The van der Waals surface area contributed by atoms with Gasteiger partial charge in [-0.25, -0.2) is 0 Å². The predicted molar refractivity (Wildman–Crippen MR) is 98.2 cm³/mol. The predicted octanol–water partition coefficient (Wildman–Crippen LogP) is 2.10. The number of carbonyl (C=O) groups excluding carboxylic acids is 2. The van der Waals surface area contributed by atoms with Crippen molar-refractivity contribution in [2.75, 3.05) is 12.0 Å². The Morgan fingerprint density at radius 1 is 1.42 bits per heavy atom. The summed E-state index contributed by atoms with van der Waals surface area (Å²) in [5, 5.41) is 11.4. The molecular formula is C16H21ClN4O2S. The minimum Gasteiger partial charge on any atom is -0.349 e. The van der Waals surface area contributed by atoms with Crippen LogP contribution in [0.15, 0.2) is 18.2 Å². The second kappa shape index (κ2) is 8.39. The number of aryl methyl sites for hydroxylation is 1. The fourth-order valence-electron chi connectivity index (χ4n) is 2.52. The van der Waals surface area contributed by atoms with Crippen LogP contribution in [0, 0.1) is 0 Å². The van der Waals surface area contributed by atoms with Crippen molar-refractivity contribution in [2.45, 2.75) is 25.9 Å². The minimum atomic E-state index is -0.541. The lowest BCUT2D eigenvalue weighted by Gasteiger charge is -2.16. The van der Waals surface area contributed by atoms with Crippen molar-refractivity contribution in [3.63, 3.8) is 0 Å². The van der Waals surface area contributed by atoms with Crippen LogP contribution in [0.1, 0.15) is 19.0 Å². The van der Waals surface area contributed by atoms with Crippen LogP contribution in [0.5, 0.6) is 0 Å². The Hall–Kier alpha value is -1.73. The molecule has 2 amide bonds. The third-order valence-corrected chi connectivity index (χ3v) is 4.59. The van der Waals surface area contributed by atoms with Gasteiger partial charge in [-0.3, -0.25) is 14.3 Å². The molecule has 6 nitrogen and oxygen atoms in total. The van der Waals surface area contributed by atoms with Gasteiger partial charge in [0.1, 0.15) is 6.04 Å². The van der Waals surface area contributed by atoms with Crippen LogP contribution in [0.4, 0.5) is 0 Å². The highest BCUT2D eigenvalue weighted by molar-refractivity contribution is 7.98. The highest BCUT2D eigenvalue weighted by Crippen LogP contribution is 2.26. The number of halogens is 1. The Morgan fingerprint density at radius 2 is 2.17 bits per heavy atom. The second-order valence-electron chi connectivity index (χ2n) is 5.46. The van der Waals surface area contributed by atoms with E-state index in [1.54, 1.807) is 22.5 Å². The zero-order valence-electron chi connectivity index (χ0n) is 13.9. The van der Waals surface area contributed by atoms with E-state index in [4.69, 9.17) is 11.6 Å². The fourth-order valence-corrected chi connectivity index (χ4v) is 3.27. The Morgan fingerprint density at radius 3 is 2.83 bits per heavy atom. The number of thioether (sulfide) groups is 1. The summed E-state index contributed by atoms with van der Waals surface area (Å²) >= 11 is 7.90. The fraction of sp³-hybridized carbons (Fsp3) is 0.438. The molecule has 2 aromatic rings. The van der Waals surface area contributed by atoms with Gasteiger partial charge >= 0.3 is 0 Å². The molecule has 0 bridgehead atoms. The minimum absolute atomic E-state index is 0.217. The number of amides is 2. The molecule has 1 aromatic carbocycles. The summed E-state index contributed by atoms with van der Waals surface area (Å²) in [5.74, 6) is 0.351. The lowest BCUT2D eigenvalue weighted by molar-refractivity contribution is -0.128. The SMILES string of the molecule is CSCC[C@H](NC(C)=O)C(=O)NCc1nn(C)c2cccc(Cl)c12. The van der Waals surface area contributed by atoms with Crippen LogP contribution in [0.2, 0.25) is 5.02 Å². The van der Waals surface area contributed by atoms with Crippen LogP contribution in [0.25, 0.3) is 10.9 Å². The van der Waals surface area contributed by atoms with E-state index in [1.165, 1.54) is 6.92 Å². The van der Waals surface area contributed by atoms with E-state index in [9.17, 15) is 9.59 Å². The van der Waals surface area contributed by atoms with Crippen molar-refractivity contribution in [3.8, 4) is 0 Å². The Labute approximate surface area is 150 Å². The van der Waals surface area contributed by atoms with E-state index < -0.39 is 6.04 Å². The van der Waals surface area contributed by atoms with E-state index in [1.807, 2.05) is 25.4 Å². The molecule has 0 aliphatic rings. The summed E-state index contributed by atoms with van der Waals surface area (Å²) in [5.41, 5.74) is 1.62. The molecule has 1 aromatic heterocycles. The molecule has 0 spiro atoms. The monoisotopic (exact) mass is 368 g/mol. The topological polar surface area (TPSA) is 76.0 Å². The van der Waals surface area contributed by atoms with Crippen molar-refractivity contribution in [1.29, 1.82) is 0 Å². The second-order valence-corrected chi connectivity index (χ2v) is 6.85. The third-order valence-electron chi connectivity index (χ3n) is 3.63. The average Bonchev–Trinajstić information content (AvgIpc) is 2.86. The van der Waals surface area contributed by atoms with Crippen molar-refractivity contribution >= 4 is 46.1 Å². The molecule has 24 heavy (non-hydrogen) atoms. The van der Waals surface area contributed by atoms with Gasteiger partial charge in [-0.15, -0.1) is 0 Å². The molecule has 8 heteroatoms. The largest absolute Gasteiger partial charge is 0.349 e. The standard InChI is InChI=1S/C16H21ClN4O2S/c1-10(22)19-12(7-8-24-3)16(23)18-9-13-15-11(17)5-4-6-14(15)21(2)20-13/h4-6,12H,7-9H2,1-3H3,(H,18,23)(H,19,22)/t12-/m0/s1. The maximum atomic E-state index is 12.4. The van der Waals surface area contributed by atoms with E-state index in [0.717, 1.165) is 16.7 Å². The number of benzene rings is 1. The normalized spacial score (nSPS) is 12.2. The van der Waals surface area contributed by atoms with Crippen molar-refractivity contribution in [2.24, 2.45) is 7.05 Å². The summed E-state index contributed by atoms with van der Waals surface area (Å²) < 4.78 is 1.74. The van der Waals surface area contributed by atoms with E-state index in [0.29, 0.717) is 17.1 Å². The van der Waals surface area contributed by atoms with Crippen LogP contribution in [-0.4, -0.2) is 39.6 Å². The molecule has 0 fully saturated rings. The first-order valence-electron chi connectivity index (χ1n) is 7.58. The smallest absolute Gasteiger partial charge is 0.242 e. The van der Waals surface area contributed by atoms with Crippen LogP contribution < -0.4 is 10.6 Å². The maximum Gasteiger partial charge on any atom is 0.242 e. The molecule has 1 heterocycles. The van der Waals surface area contributed by atoms with E-state index >= 15 is 0 Å². The van der Waals surface area contributed by atoms with Gasteiger partial charge in [0.25, 0.3) is 0 Å². The van der Waals surface area contributed by atoms with Gasteiger partial charge in [0.15, 0.2) is 0 Å². The van der Waals surface area contributed by atoms with Gasteiger partial charge in [0.2, 0.25) is 11.8 Å². The van der Waals surface area contributed by atoms with Crippen LogP contribution in [-0.2, 0) is 23.2 Å². The van der Waals surface area contributed by atoms with Crippen LogP contribution in [0.3, 0.4) is 0 Å². The molecule has 130 valence electrons. The van der Waals surface area contributed by atoms with E-state index in [-0.39, 0.29) is 18.4 Å². The number of carbonyl (C=O) groups is 2. The molecule has 2 rings (SSSR count). The zero-order chi connectivity index (χ0) is 17.7. The summed E-state index contributed by atoms with van der Waals surface area (Å²) in [4.78, 5) is 23.7. The maximum absolute atomic E-state index is 12.4. The molecular weight excluding hydrogens is 348 g/mol. The third kappa shape index (κ3) is 4.42. The molecule has 0 saturated heterocycles. The molecule has 0 unspecified atom stereocenters. The molecule has 0 aliphatic carbocycles. The quantitative estimate of drug-likeness (QED) is 0.784. The molecule has 0 saturated carbocycles. The Balaban J connectivity index is 2.11. The van der Waals surface area contributed by atoms with Gasteiger partial charge in [-0.1, -0.05) is 17.7 Å². The van der Waals surface area contributed by atoms with Gasteiger partial charge in [0, 0.05) is 19.4 Å². The first kappa shape index (κ1) is 18.6. The van der Waals surface area contributed by atoms with Gasteiger partial charge < -0.3 is 10.6 Å². The summed E-state index contributed by atoms with van der Waals surface area (Å²) in [6, 6.07) is 5.05. The van der Waals surface area contributed by atoms with Crippen LogP contribution >= 0.6 is 23.4 Å². The van der Waals surface area contributed by atoms with Crippen molar-refractivity contribution < 1.29 is 9.59 Å². The highest BCUT2D eigenvalue weighted by Gasteiger charge is 2.20. The molecule has 2 N–H and O–H groups in total. The van der Waals surface area contributed by atoms with Crippen molar-refractivity contribution in [3.05, 3.63) is 28.9 Å². The number of aromatic nitrogens is 2. The number of hydrogen-bond acceptors (Lipinski definition) is 4. The summed E-state index contributed by atoms with van der Waals surface area (Å²) in [7, 11) is 1.84. The van der Waals surface area contributed by atoms with Gasteiger partial charge in [-0.2, -0.15) is 16.9 Å². The molecule has 0 aliphatic heterocycles. The average molecular weight is 369 g/mol.